The normalized spacial score (nSPS) is 10.4. The molecule has 0 rings (SSSR count). The molecule has 2 N–H and O–H groups in total. The first-order valence-corrected chi connectivity index (χ1v) is 3.25. The van der Waals surface area contributed by atoms with Crippen LogP contribution < -0.4 is 5.73 Å². The fourth-order valence-electron chi connectivity index (χ4n) is 0.324. The third kappa shape index (κ3) is 7.43. The maximum Gasteiger partial charge on any atom is 0.116 e. The van der Waals surface area contributed by atoms with E-state index in [1.54, 1.807) is 6.21 Å². The smallest absolute Gasteiger partial charge is 0.116 e. The fraction of sp³-hybridized carbons (Fsp3) is 0.833. The van der Waals surface area contributed by atoms with Gasteiger partial charge < -0.3 is 10.6 Å². The van der Waals surface area contributed by atoms with Crippen molar-refractivity contribution in [2.24, 2.45) is 10.9 Å². The second-order valence-electron chi connectivity index (χ2n) is 1.70. The average Bonchev–Trinajstić information content (AvgIpc) is 1.89. The van der Waals surface area contributed by atoms with Gasteiger partial charge in [0.2, 0.25) is 0 Å². The van der Waals surface area contributed by atoms with E-state index in [1.165, 1.54) is 0 Å². The maximum absolute atomic E-state index is 5.20. The molecule has 0 spiro atoms. The average molecular weight is 130 g/mol. The van der Waals surface area contributed by atoms with Crippen molar-refractivity contribution in [3.8, 4) is 0 Å². The number of nitrogens with two attached hydrogens (primary N) is 1. The zero-order chi connectivity index (χ0) is 6.95. The molecule has 9 heavy (non-hydrogen) atoms. The lowest BCUT2D eigenvalue weighted by atomic mass is 10.5. The summed E-state index contributed by atoms with van der Waals surface area (Å²) in [5.41, 5.74) is 5.20. The van der Waals surface area contributed by atoms with Crippen LogP contribution in [0.15, 0.2) is 5.16 Å². The van der Waals surface area contributed by atoms with E-state index in [2.05, 4.69) is 5.16 Å². The molecular weight excluding hydrogens is 116 g/mol. The van der Waals surface area contributed by atoms with Crippen molar-refractivity contribution in [2.75, 3.05) is 13.2 Å². The Kier molecular flexibility index (Phi) is 6.96. The Hall–Kier alpha value is -0.570. The standard InChI is InChI=1S/C6H14N2O/c1-2-6-9-8-5-3-4-7/h5H,2-4,6-7H2,1H3. The molecule has 3 nitrogen and oxygen atoms in total. The van der Waals surface area contributed by atoms with Gasteiger partial charge in [0, 0.05) is 6.21 Å². The molecule has 0 fully saturated rings. The van der Waals surface area contributed by atoms with E-state index in [4.69, 9.17) is 10.6 Å². The van der Waals surface area contributed by atoms with Crippen molar-refractivity contribution in [2.45, 2.75) is 19.8 Å². The molecule has 3 heteroatoms. The van der Waals surface area contributed by atoms with Crippen LogP contribution in [0.5, 0.6) is 0 Å². The summed E-state index contributed by atoms with van der Waals surface area (Å²) in [5.74, 6) is 0. The van der Waals surface area contributed by atoms with Crippen LogP contribution in [0.3, 0.4) is 0 Å². The zero-order valence-electron chi connectivity index (χ0n) is 5.84. The maximum atomic E-state index is 5.20. The van der Waals surface area contributed by atoms with Crippen LogP contribution in [0, 0.1) is 0 Å². The van der Waals surface area contributed by atoms with Gasteiger partial charge in [0.05, 0.1) is 0 Å². The lowest BCUT2D eigenvalue weighted by Gasteiger charge is -1.91. The summed E-state index contributed by atoms with van der Waals surface area (Å²) < 4.78 is 0. The third-order valence-corrected chi connectivity index (χ3v) is 0.740. The molecule has 0 aliphatic rings. The molecule has 0 atom stereocenters. The largest absolute Gasteiger partial charge is 0.396 e. The molecule has 0 amide bonds. The Balaban J connectivity index is 2.86. The molecule has 0 aromatic rings. The van der Waals surface area contributed by atoms with Crippen molar-refractivity contribution >= 4 is 6.21 Å². The number of nitrogens with zero attached hydrogens (tertiary/aromatic N) is 1. The van der Waals surface area contributed by atoms with E-state index in [9.17, 15) is 0 Å². The molecule has 0 heterocycles. The molecule has 54 valence electrons. The first-order chi connectivity index (χ1) is 4.41. The quantitative estimate of drug-likeness (QED) is 0.339. The molecule has 0 unspecified atom stereocenters. The Morgan fingerprint density at radius 1 is 1.67 bits per heavy atom. The first kappa shape index (κ1) is 8.43. The number of hydrogen-bond acceptors (Lipinski definition) is 3. The van der Waals surface area contributed by atoms with Gasteiger partial charge in [0.1, 0.15) is 6.61 Å². The van der Waals surface area contributed by atoms with Crippen molar-refractivity contribution in [3.05, 3.63) is 0 Å². The summed E-state index contributed by atoms with van der Waals surface area (Å²) in [6, 6.07) is 0. The Labute approximate surface area is 55.9 Å². The Morgan fingerprint density at radius 3 is 3.00 bits per heavy atom. The first-order valence-electron chi connectivity index (χ1n) is 3.25. The van der Waals surface area contributed by atoms with E-state index in [0.717, 1.165) is 12.8 Å². The van der Waals surface area contributed by atoms with Gasteiger partial charge in [-0.1, -0.05) is 12.1 Å². The lowest BCUT2D eigenvalue weighted by Crippen LogP contribution is -1.98. The number of rotatable bonds is 5. The minimum Gasteiger partial charge on any atom is -0.396 e. The second-order valence-corrected chi connectivity index (χ2v) is 1.70. The van der Waals surface area contributed by atoms with Crippen LogP contribution in [-0.2, 0) is 4.84 Å². The van der Waals surface area contributed by atoms with Gasteiger partial charge in [-0.05, 0) is 19.4 Å². The molecule has 0 radical (unpaired) electrons. The highest BCUT2D eigenvalue weighted by atomic mass is 16.6. The molecule has 0 aliphatic carbocycles. The molecule has 0 saturated heterocycles. The van der Waals surface area contributed by atoms with Crippen molar-refractivity contribution < 1.29 is 4.84 Å². The fourth-order valence-corrected chi connectivity index (χ4v) is 0.324. The van der Waals surface area contributed by atoms with Crippen molar-refractivity contribution in [1.29, 1.82) is 0 Å². The van der Waals surface area contributed by atoms with Crippen LogP contribution >= 0.6 is 0 Å². The van der Waals surface area contributed by atoms with Crippen molar-refractivity contribution in [3.63, 3.8) is 0 Å². The number of hydrogen-bond donors (Lipinski definition) is 1. The summed E-state index contributed by atoms with van der Waals surface area (Å²) in [4.78, 5) is 4.80. The van der Waals surface area contributed by atoms with Crippen LogP contribution in [0.2, 0.25) is 0 Å². The summed E-state index contributed by atoms with van der Waals surface area (Å²) >= 11 is 0. The Morgan fingerprint density at radius 2 is 2.44 bits per heavy atom. The highest BCUT2D eigenvalue weighted by Crippen LogP contribution is 1.79. The van der Waals surface area contributed by atoms with E-state index in [1.807, 2.05) is 6.92 Å². The molecular formula is C6H14N2O. The van der Waals surface area contributed by atoms with Gasteiger partial charge in [-0.3, -0.25) is 0 Å². The highest BCUT2D eigenvalue weighted by molar-refractivity contribution is 5.56. The summed E-state index contributed by atoms with van der Waals surface area (Å²) in [6.07, 6.45) is 3.49. The van der Waals surface area contributed by atoms with Crippen LogP contribution in [0.4, 0.5) is 0 Å². The van der Waals surface area contributed by atoms with Gasteiger partial charge in [0.25, 0.3) is 0 Å². The van der Waals surface area contributed by atoms with Gasteiger partial charge in [-0.2, -0.15) is 0 Å². The SMILES string of the molecule is CCCON=CCCN. The molecule has 0 aliphatic heterocycles. The van der Waals surface area contributed by atoms with Gasteiger partial charge in [-0.25, -0.2) is 0 Å². The van der Waals surface area contributed by atoms with Gasteiger partial charge in [0.15, 0.2) is 0 Å². The second kappa shape index (κ2) is 7.43. The minimum absolute atomic E-state index is 0.638. The summed E-state index contributed by atoms with van der Waals surface area (Å²) in [7, 11) is 0. The molecule has 0 bridgehead atoms. The molecule has 0 aromatic heterocycles. The van der Waals surface area contributed by atoms with E-state index >= 15 is 0 Å². The lowest BCUT2D eigenvalue weighted by molar-refractivity contribution is 0.146. The summed E-state index contributed by atoms with van der Waals surface area (Å²) in [6.45, 7) is 3.37. The Bertz CT molecular complexity index is 73.5. The third-order valence-electron chi connectivity index (χ3n) is 0.740. The molecule has 0 aromatic carbocycles. The summed E-state index contributed by atoms with van der Waals surface area (Å²) in [5, 5.41) is 3.65. The molecule has 0 saturated carbocycles. The van der Waals surface area contributed by atoms with Crippen LogP contribution in [0.1, 0.15) is 19.8 Å². The topological polar surface area (TPSA) is 47.6 Å². The van der Waals surface area contributed by atoms with E-state index in [-0.39, 0.29) is 0 Å². The van der Waals surface area contributed by atoms with Crippen molar-refractivity contribution in [1.82, 2.24) is 0 Å². The van der Waals surface area contributed by atoms with E-state index in [0.29, 0.717) is 13.2 Å². The van der Waals surface area contributed by atoms with Gasteiger partial charge in [-0.15, -0.1) is 0 Å². The predicted octanol–water partition coefficient (Wildman–Crippen LogP) is 0.748. The monoisotopic (exact) mass is 130 g/mol. The van der Waals surface area contributed by atoms with Gasteiger partial charge >= 0.3 is 0 Å². The predicted molar refractivity (Wildman–Crippen MR) is 38.4 cm³/mol. The minimum atomic E-state index is 0.638. The number of oxime groups is 1. The van der Waals surface area contributed by atoms with Crippen LogP contribution in [-0.4, -0.2) is 19.4 Å². The van der Waals surface area contributed by atoms with E-state index < -0.39 is 0 Å². The highest BCUT2D eigenvalue weighted by Gasteiger charge is 1.75. The van der Waals surface area contributed by atoms with Crippen LogP contribution in [0.25, 0.3) is 0 Å². The zero-order valence-corrected chi connectivity index (χ0v) is 5.84.